The molecule has 0 heterocycles. The lowest BCUT2D eigenvalue weighted by Gasteiger charge is -2.30. The van der Waals surface area contributed by atoms with Crippen LogP contribution in [0, 0.1) is 0 Å². The van der Waals surface area contributed by atoms with Crippen molar-refractivity contribution in [2.24, 2.45) is 5.73 Å². The molecule has 3 nitrogen and oxygen atoms in total. The smallest absolute Gasteiger partial charge is 0.154 e. The average Bonchev–Trinajstić information content (AvgIpc) is 2.14. The third-order valence-electron chi connectivity index (χ3n) is 2.91. The van der Waals surface area contributed by atoms with Crippen molar-refractivity contribution in [3.63, 3.8) is 0 Å². The van der Waals surface area contributed by atoms with Gasteiger partial charge in [-0.1, -0.05) is 23.7 Å². The van der Waals surface area contributed by atoms with E-state index in [0.29, 0.717) is 5.02 Å². The molecular formula is C11H16ClNO2S. The van der Waals surface area contributed by atoms with Crippen molar-refractivity contribution in [2.45, 2.75) is 24.6 Å². The lowest BCUT2D eigenvalue weighted by Crippen LogP contribution is -2.42. The molecule has 1 atom stereocenters. The molecule has 0 aliphatic rings. The molecule has 0 aromatic heterocycles. The zero-order valence-corrected chi connectivity index (χ0v) is 11.1. The molecule has 1 rings (SSSR count). The van der Waals surface area contributed by atoms with Gasteiger partial charge in [0.05, 0.1) is 4.75 Å². The van der Waals surface area contributed by atoms with Gasteiger partial charge in [-0.15, -0.1) is 0 Å². The summed E-state index contributed by atoms with van der Waals surface area (Å²) in [6.07, 6.45) is 1.19. The molecule has 2 N–H and O–H groups in total. The van der Waals surface area contributed by atoms with E-state index in [4.69, 9.17) is 17.3 Å². The van der Waals surface area contributed by atoms with E-state index in [1.807, 2.05) is 0 Å². The monoisotopic (exact) mass is 261 g/mol. The second-order valence-corrected chi connectivity index (χ2v) is 7.44. The molecule has 0 aliphatic carbocycles. The lowest BCUT2D eigenvalue weighted by atomic mass is 9.96. The molecule has 0 bridgehead atoms. The number of nitrogens with two attached hydrogens (primary N) is 1. The molecule has 1 unspecified atom stereocenters. The van der Waals surface area contributed by atoms with E-state index in [2.05, 4.69) is 0 Å². The number of rotatable bonds is 3. The third-order valence-corrected chi connectivity index (χ3v) is 5.31. The van der Waals surface area contributed by atoms with Crippen molar-refractivity contribution in [3.8, 4) is 0 Å². The van der Waals surface area contributed by atoms with Gasteiger partial charge in [0.2, 0.25) is 0 Å². The number of halogens is 1. The highest BCUT2D eigenvalue weighted by molar-refractivity contribution is 7.92. The minimum atomic E-state index is -3.23. The van der Waals surface area contributed by atoms with Crippen LogP contribution in [0.15, 0.2) is 24.3 Å². The number of benzene rings is 1. The van der Waals surface area contributed by atoms with Crippen molar-refractivity contribution in [1.29, 1.82) is 0 Å². The maximum absolute atomic E-state index is 11.6. The van der Waals surface area contributed by atoms with E-state index in [-0.39, 0.29) is 0 Å². The first kappa shape index (κ1) is 13.5. The van der Waals surface area contributed by atoms with Crippen LogP contribution in [0.2, 0.25) is 5.02 Å². The first-order valence-corrected chi connectivity index (χ1v) is 7.14. The summed E-state index contributed by atoms with van der Waals surface area (Å²) in [4.78, 5) is 0. The van der Waals surface area contributed by atoms with Crippen molar-refractivity contribution >= 4 is 21.4 Å². The van der Waals surface area contributed by atoms with Gasteiger partial charge in [-0.25, -0.2) is 8.42 Å². The molecule has 0 amide bonds. The first-order valence-electron chi connectivity index (χ1n) is 4.87. The van der Waals surface area contributed by atoms with Crippen LogP contribution in [0.25, 0.3) is 0 Å². The Kier molecular flexibility index (Phi) is 3.67. The highest BCUT2D eigenvalue weighted by Gasteiger charge is 2.37. The van der Waals surface area contributed by atoms with E-state index >= 15 is 0 Å². The van der Waals surface area contributed by atoms with Crippen molar-refractivity contribution in [1.82, 2.24) is 0 Å². The summed E-state index contributed by atoms with van der Waals surface area (Å²) in [6, 6.07) is 6.37. The molecule has 0 saturated heterocycles. The van der Waals surface area contributed by atoms with Gasteiger partial charge < -0.3 is 5.73 Å². The van der Waals surface area contributed by atoms with Crippen LogP contribution in [0.3, 0.4) is 0 Å². The summed E-state index contributed by atoms with van der Waals surface area (Å²) >= 11 is 5.85. The largest absolute Gasteiger partial charge is 0.323 e. The fraction of sp³-hybridized carbons (Fsp3) is 0.455. The summed E-state index contributed by atoms with van der Waals surface area (Å²) in [5, 5.41) is 0.553. The van der Waals surface area contributed by atoms with Gasteiger partial charge in [0, 0.05) is 17.3 Å². The van der Waals surface area contributed by atoms with Crippen LogP contribution in [-0.4, -0.2) is 19.4 Å². The van der Waals surface area contributed by atoms with Crippen LogP contribution in [0.5, 0.6) is 0 Å². The van der Waals surface area contributed by atoms with E-state index in [1.165, 1.54) is 6.26 Å². The van der Waals surface area contributed by atoms with Gasteiger partial charge in [0.1, 0.15) is 0 Å². The second kappa shape index (κ2) is 4.35. The molecule has 0 radical (unpaired) electrons. The fourth-order valence-corrected chi connectivity index (χ4v) is 2.13. The molecule has 5 heteroatoms. The highest BCUT2D eigenvalue weighted by atomic mass is 35.5. The summed E-state index contributed by atoms with van der Waals surface area (Å²) < 4.78 is 22.3. The van der Waals surface area contributed by atoms with E-state index < -0.39 is 20.6 Å². The zero-order valence-electron chi connectivity index (χ0n) is 9.57. The van der Waals surface area contributed by atoms with E-state index in [9.17, 15) is 8.42 Å². The van der Waals surface area contributed by atoms with Crippen molar-refractivity contribution < 1.29 is 8.42 Å². The maximum Gasteiger partial charge on any atom is 0.154 e. The summed E-state index contributed by atoms with van der Waals surface area (Å²) in [5.74, 6) is 0. The van der Waals surface area contributed by atoms with Crippen LogP contribution in [0.4, 0.5) is 0 Å². The van der Waals surface area contributed by atoms with Gasteiger partial charge >= 0.3 is 0 Å². The molecular weight excluding hydrogens is 246 g/mol. The fourth-order valence-electron chi connectivity index (χ4n) is 1.33. The van der Waals surface area contributed by atoms with Gasteiger partial charge in [-0.3, -0.25) is 0 Å². The Morgan fingerprint density at radius 2 is 1.94 bits per heavy atom. The predicted octanol–water partition coefficient (Wildman–Crippen LogP) is 2.16. The number of hydrogen-bond acceptors (Lipinski definition) is 3. The topological polar surface area (TPSA) is 60.2 Å². The lowest BCUT2D eigenvalue weighted by molar-refractivity contribution is 0.496. The minimum absolute atomic E-state index is 0.553. The zero-order chi connectivity index (χ0) is 12.6. The Balaban J connectivity index is 3.17. The van der Waals surface area contributed by atoms with Gasteiger partial charge in [-0.2, -0.15) is 0 Å². The Labute approximate surface area is 102 Å². The van der Waals surface area contributed by atoms with E-state index in [0.717, 1.165) is 5.56 Å². The first-order chi connectivity index (χ1) is 7.16. The highest BCUT2D eigenvalue weighted by Crippen LogP contribution is 2.30. The van der Waals surface area contributed by atoms with Gasteiger partial charge in [0.15, 0.2) is 9.84 Å². The molecule has 0 saturated carbocycles. The Hall–Kier alpha value is -0.580. The Bertz CT molecular complexity index is 483. The number of hydrogen-bond donors (Lipinski definition) is 1. The third kappa shape index (κ3) is 2.56. The molecule has 0 spiro atoms. The van der Waals surface area contributed by atoms with Crippen LogP contribution in [-0.2, 0) is 9.84 Å². The molecule has 0 aliphatic heterocycles. The van der Waals surface area contributed by atoms with Crippen LogP contribution >= 0.6 is 11.6 Å². The van der Waals surface area contributed by atoms with Gasteiger partial charge in [0.25, 0.3) is 0 Å². The number of sulfone groups is 1. The molecule has 16 heavy (non-hydrogen) atoms. The predicted molar refractivity (Wildman–Crippen MR) is 67.3 cm³/mol. The van der Waals surface area contributed by atoms with Crippen molar-refractivity contribution in [2.75, 3.05) is 6.26 Å². The van der Waals surface area contributed by atoms with Crippen LogP contribution < -0.4 is 5.73 Å². The molecule has 1 aromatic carbocycles. The Morgan fingerprint density at radius 3 is 2.38 bits per heavy atom. The average molecular weight is 262 g/mol. The maximum atomic E-state index is 11.6. The quantitative estimate of drug-likeness (QED) is 0.907. The van der Waals surface area contributed by atoms with E-state index in [1.54, 1.807) is 38.1 Å². The Morgan fingerprint density at radius 1 is 1.38 bits per heavy atom. The molecule has 0 fully saturated rings. The normalized spacial score (nSPS) is 14.8. The second-order valence-electron chi connectivity index (χ2n) is 4.41. The summed E-state index contributed by atoms with van der Waals surface area (Å²) in [7, 11) is -3.23. The summed E-state index contributed by atoms with van der Waals surface area (Å²) in [6.45, 7) is 3.24. The van der Waals surface area contributed by atoms with Crippen molar-refractivity contribution in [3.05, 3.63) is 34.9 Å². The minimum Gasteiger partial charge on any atom is -0.323 e. The van der Waals surface area contributed by atoms with Gasteiger partial charge in [-0.05, 0) is 31.5 Å². The summed E-state index contributed by atoms with van der Waals surface area (Å²) in [5.41, 5.74) is 6.71. The molecule has 90 valence electrons. The standard InChI is InChI=1S/C11H16ClNO2S/c1-11(2,16(3,14)15)10(13)8-5-4-6-9(12)7-8/h4-7,10H,13H2,1-3H3. The van der Waals surface area contributed by atoms with Crippen LogP contribution in [0.1, 0.15) is 25.5 Å². The molecule has 1 aromatic rings. The SMILES string of the molecule is CC(C)(C(N)c1cccc(Cl)c1)S(C)(=O)=O.